The molecule has 0 aliphatic carbocycles. The Morgan fingerprint density at radius 3 is 2.08 bits per heavy atom. The summed E-state index contributed by atoms with van der Waals surface area (Å²) in [5.41, 5.74) is 8.77. The van der Waals surface area contributed by atoms with E-state index >= 15 is 0 Å². The second-order valence-electron chi connectivity index (χ2n) is 8.69. The summed E-state index contributed by atoms with van der Waals surface area (Å²) in [5, 5.41) is 0. The van der Waals surface area contributed by atoms with Crippen molar-refractivity contribution in [1.29, 1.82) is 0 Å². The molecule has 0 fully saturated rings. The number of rotatable bonds is 8. The Balaban J connectivity index is 1.64. The Morgan fingerprint density at radius 1 is 0.889 bits per heavy atom. The molecule has 0 radical (unpaired) electrons. The number of anilines is 3. The Bertz CT molecular complexity index is 1450. The van der Waals surface area contributed by atoms with E-state index in [9.17, 15) is 14.4 Å². The van der Waals surface area contributed by atoms with Gasteiger partial charge in [-0.3, -0.25) is 19.1 Å². The van der Waals surface area contributed by atoms with Crippen LogP contribution in [0.3, 0.4) is 0 Å². The number of nitrogens with one attached hydrogen (secondary N) is 1. The molecule has 8 heteroatoms. The van der Waals surface area contributed by atoms with Crippen LogP contribution in [0, 0.1) is 6.92 Å². The number of likely N-dealkylation sites (N-methyl/N-ethyl adjacent to an activating group) is 1. The number of aryl methyl sites for hydroxylation is 1. The zero-order chi connectivity index (χ0) is 25.7. The van der Waals surface area contributed by atoms with Gasteiger partial charge in [-0.1, -0.05) is 78.4 Å². The number of hydrogen-bond acceptors (Lipinski definition) is 5. The highest BCUT2D eigenvalue weighted by molar-refractivity contribution is 5.97. The molecule has 0 atom stereocenters. The van der Waals surface area contributed by atoms with Gasteiger partial charge in [0.25, 0.3) is 5.56 Å². The molecule has 184 valence electrons. The Labute approximate surface area is 209 Å². The second-order valence-corrected chi connectivity index (χ2v) is 8.69. The van der Waals surface area contributed by atoms with Gasteiger partial charge >= 0.3 is 5.69 Å². The summed E-state index contributed by atoms with van der Waals surface area (Å²) in [7, 11) is 1.50. The second kappa shape index (κ2) is 10.8. The van der Waals surface area contributed by atoms with Crippen LogP contribution < -0.4 is 26.8 Å². The maximum absolute atomic E-state index is 13.4. The fourth-order valence-corrected chi connectivity index (χ4v) is 4.02. The van der Waals surface area contributed by atoms with Crippen LogP contribution in [0.4, 0.5) is 17.2 Å². The van der Waals surface area contributed by atoms with E-state index in [0.29, 0.717) is 6.54 Å². The van der Waals surface area contributed by atoms with Crippen LogP contribution in [-0.4, -0.2) is 29.1 Å². The van der Waals surface area contributed by atoms with Crippen LogP contribution in [0.25, 0.3) is 0 Å². The smallest absolute Gasteiger partial charge is 0.330 e. The summed E-state index contributed by atoms with van der Waals surface area (Å²) in [6.07, 6.45) is 0. The minimum atomic E-state index is -0.706. The predicted octanol–water partition coefficient (Wildman–Crippen LogP) is 3.15. The summed E-state index contributed by atoms with van der Waals surface area (Å²) < 4.78 is 1.26. The quantitative estimate of drug-likeness (QED) is 0.401. The highest BCUT2D eigenvalue weighted by Crippen LogP contribution is 2.21. The topological polar surface area (TPSA) is 104 Å². The van der Waals surface area contributed by atoms with Gasteiger partial charge in [-0.25, -0.2) is 4.79 Å². The van der Waals surface area contributed by atoms with Crippen molar-refractivity contribution in [2.24, 2.45) is 0 Å². The fraction of sp³-hybridized carbons (Fsp3) is 0.179. The lowest BCUT2D eigenvalue weighted by Gasteiger charge is -2.28. The Morgan fingerprint density at radius 2 is 1.47 bits per heavy atom. The van der Waals surface area contributed by atoms with Gasteiger partial charge in [0.2, 0.25) is 5.91 Å². The highest BCUT2D eigenvalue weighted by atomic mass is 16.2. The predicted molar refractivity (Wildman–Crippen MR) is 143 cm³/mol. The SMILES string of the molecule is Cc1ccc(N(CC(=O)N(C)c2c(N)n(Cc3ccccc3)c(=O)[nH]c2=O)Cc2ccccc2)cc1. The third kappa shape index (κ3) is 5.55. The van der Waals surface area contributed by atoms with Crippen molar-refractivity contribution in [1.82, 2.24) is 9.55 Å². The number of benzene rings is 3. The van der Waals surface area contributed by atoms with E-state index in [1.807, 2.05) is 96.8 Å². The van der Waals surface area contributed by atoms with Gasteiger partial charge < -0.3 is 15.5 Å². The maximum atomic E-state index is 13.4. The molecule has 1 aromatic heterocycles. The minimum absolute atomic E-state index is 0.00511. The summed E-state index contributed by atoms with van der Waals surface area (Å²) >= 11 is 0. The molecular weight excluding hydrogens is 454 g/mol. The number of hydrogen-bond donors (Lipinski definition) is 2. The number of nitrogens with zero attached hydrogens (tertiary/aromatic N) is 3. The molecule has 3 aromatic carbocycles. The lowest BCUT2D eigenvalue weighted by atomic mass is 10.1. The first kappa shape index (κ1) is 24.5. The number of carbonyl (C=O) groups excluding carboxylic acids is 1. The van der Waals surface area contributed by atoms with Crippen molar-refractivity contribution in [3.8, 4) is 0 Å². The van der Waals surface area contributed by atoms with Crippen molar-refractivity contribution in [2.75, 3.05) is 29.1 Å². The number of nitrogens with two attached hydrogens (primary N) is 1. The molecular formula is C28H29N5O3. The lowest BCUT2D eigenvalue weighted by Crippen LogP contribution is -2.43. The van der Waals surface area contributed by atoms with Crippen LogP contribution in [0.2, 0.25) is 0 Å². The van der Waals surface area contributed by atoms with Crippen LogP contribution in [0.15, 0.2) is 94.5 Å². The van der Waals surface area contributed by atoms with E-state index in [1.165, 1.54) is 16.5 Å². The van der Waals surface area contributed by atoms with Crippen molar-refractivity contribution in [3.63, 3.8) is 0 Å². The van der Waals surface area contributed by atoms with E-state index in [-0.39, 0.29) is 30.5 Å². The minimum Gasteiger partial charge on any atom is -0.383 e. The van der Waals surface area contributed by atoms with Gasteiger partial charge in [0.1, 0.15) is 5.82 Å². The van der Waals surface area contributed by atoms with Crippen LogP contribution in [-0.2, 0) is 17.9 Å². The molecule has 0 bridgehead atoms. The number of H-pyrrole nitrogens is 1. The summed E-state index contributed by atoms with van der Waals surface area (Å²) in [4.78, 5) is 44.2. The number of aromatic nitrogens is 2. The highest BCUT2D eigenvalue weighted by Gasteiger charge is 2.23. The van der Waals surface area contributed by atoms with Gasteiger partial charge in [-0.2, -0.15) is 0 Å². The number of carbonyl (C=O) groups is 1. The molecule has 3 N–H and O–H groups in total. The van der Waals surface area contributed by atoms with Crippen molar-refractivity contribution >= 4 is 23.1 Å². The third-order valence-corrected chi connectivity index (χ3v) is 6.05. The van der Waals surface area contributed by atoms with Gasteiger partial charge in [0.05, 0.1) is 13.1 Å². The zero-order valence-electron chi connectivity index (χ0n) is 20.3. The van der Waals surface area contributed by atoms with E-state index < -0.39 is 11.2 Å². The molecule has 36 heavy (non-hydrogen) atoms. The largest absolute Gasteiger partial charge is 0.383 e. The monoisotopic (exact) mass is 483 g/mol. The molecule has 4 aromatic rings. The summed E-state index contributed by atoms with van der Waals surface area (Å²) in [5.74, 6) is -0.401. The van der Waals surface area contributed by atoms with E-state index in [4.69, 9.17) is 5.73 Å². The van der Waals surface area contributed by atoms with Crippen molar-refractivity contribution < 1.29 is 4.79 Å². The maximum Gasteiger partial charge on any atom is 0.330 e. The van der Waals surface area contributed by atoms with Crippen molar-refractivity contribution in [3.05, 3.63) is 122 Å². The standard InChI is InChI=1S/C28H29N5O3/c1-20-13-15-23(16-14-20)32(17-21-9-5-3-6-10-21)19-24(34)31(2)25-26(29)33(28(36)30-27(25)35)18-22-11-7-4-8-12-22/h3-16H,17-19,29H2,1-2H3,(H,30,35,36). The average Bonchev–Trinajstić information content (AvgIpc) is 2.87. The molecule has 8 nitrogen and oxygen atoms in total. The number of nitrogen functional groups attached to an aromatic ring is 1. The fourth-order valence-electron chi connectivity index (χ4n) is 4.02. The lowest BCUT2D eigenvalue weighted by molar-refractivity contribution is -0.117. The normalized spacial score (nSPS) is 10.7. The van der Waals surface area contributed by atoms with E-state index in [0.717, 1.165) is 22.4 Å². The Hall–Kier alpha value is -4.59. The molecule has 4 rings (SSSR count). The van der Waals surface area contributed by atoms with Crippen LogP contribution in [0.5, 0.6) is 0 Å². The first-order valence-electron chi connectivity index (χ1n) is 11.6. The van der Waals surface area contributed by atoms with Crippen LogP contribution in [0.1, 0.15) is 16.7 Å². The van der Waals surface area contributed by atoms with Crippen molar-refractivity contribution in [2.45, 2.75) is 20.0 Å². The van der Waals surface area contributed by atoms with Crippen LogP contribution >= 0.6 is 0 Å². The van der Waals surface area contributed by atoms with Gasteiger partial charge in [-0.15, -0.1) is 0 Å². The molecule has 0 aliphatic rings. The summed E-state index contributed by atoms with van der Waals surface area (Å²) in [6.45, 7) is 2.68. The third-order valence-electron chi connectivity index (χ3n) is 6.05. The average molecular weight is 484 g/mol. The van der Waals surface area contributed by atoms with E-state index in [1.54, 1.807) is 0 Å². The molecule has 0 unspecified atom stereocenters. The number of aromatic amines is 1. The first-order valence-corrected chi connectivity index (χ1v) is 11.6. The van der Waals surface area contributed by atoms with E-state index in [2.05, 4.69) is 4.98 Å². The molecule has 0 saturated heterocycles. The molecule has 0 aliphatic heterocycles. The molecule has 1 heterocycles. The van der Waals surface area contributed by atoms with Gasteiger partial charge in [-0.05, 0) is 30.2 Å². The molecule has 0 saturated carbocycles. The zero-order valence-corrected chi connectivity index (χ0v) is 20.3. The molecule has 0 spiro atoms. The summed E-state index contributed by atoms with van der Waals surface area (Å²) in [6, 6.07) is 27.0. The van der Waals surface area contributed by atoms with Gasteiger partial charge in [0.15, 0.2) is 5.69 Å². The Kier molecular flexibility index (Phi) is 7.34. The molecule has 1 amide bonds. The number of amides is 1. The van der Waals surface area contributed by atoms with Gasteiger partial charge in [0, 0.05) is 19.3 Å². The first-order chi connectivity index (χ1) is 17.3.